The minimum Gasteiger partial charge on any atom is -0.341 e. The fourth-order valence-electron chi connectivity index (χ4n) is 1.20. The molecule has 0 aliphatic rings. The minimum atomic E-state index is -0.188. The second-order valence-corrected chi connectivity index (χ2v) is 3.50. The number of urea groups is 1. The molecule has 0 atom stereocenters. The first kappa shape index (κ1) is 11.8. The number of anilines is 1. The molecule has 0 saturated carbocycles. The van der Waals surface area contributed by atoms with Gasteiger partial charge in [0.05, 0.1) is 0 Å². The van der Waals surface area contributed by atoms with Crippen LogP contribution in [0.2, 0.25) is 5.02 Å². The van der Waals surface area contributed by atoms with Crippen LogP contribution >= 0.6 is 11.6 Å². The van der Waals surface area contributed by atoms with Gasteiger partial charge in [0, 0.05) is 31.4 Å². The van der Waals surface area contributed by atoms with Crippen molar-refractivity contribution in [2.45, 2.75) is 6.54 Å². The number of hydrogen-bond donors (Lipinski definition) is 2. The maximum absolute atomic E-state index is 11.3. The zero-order chi connectivity index (χ0) is 11.4. The largest absolute Gasteiger partial charge is 0.341 e. The second-order valence-electron chi connectivity index (χ2n) is 3.09. The molecule has 1 aromatic rings. The maximum Gasteiger partial charge on any atom is 0.321 e. The average Bonchev–Trinajstić information content (AvgIpc) is 2.26. The molecule has 0 saturated heterocycles. The Morgan fingerprint density at radius 2 is 2.27 bits per heavy atom. The monoisotopic (exact) mass is 227 g/mol. The maximum atomic E-state index is 11.3. The van der Waals surface area contributed by atoms with Crippen LogP contribution in [-0.2, 0) is 6.54 Å². The molecule has 0 heterocycles. The predicted octanol–water partition coefficient (Wildman–Crippen LogP) is 1.57. The quantitative estimate of drug-likeness (QED) is 0.806. The third-order valence-corrected chi connectivity index (χ3v) is 2.51. The molecule has 0 radical (unpaired) electrons. The van der Waals surface area contributed by atoms with Crippen LogP contribution in [0.1, 0.15) is 5.56 Å². The van der Waals surface area contributed by atoms with E-state index >= 15 is 0 Å². The summed E-state index contributed by atoms with van der Waals surface area (Å²) in [6.07, 6.45) is 0. The Kier molecular flexibility index (Phi) is 3.94. The molecule has 0 unspecified atom stereocenters. The highest BCUT2D eigenvalue weighted by atomic mass is 35.5. The van der Waals surface area contributed by atoms with Gasteiger partial charge in [-0.2, -0.15) is 0 Å². The molecule has 5 heteroatoms. The van der Waals surface area contributed by atoms with E-state index in [0.29, 0.717) is 11.6 Å². The van der Waals surface area contributed by atoms with E-state index in [0.717, 1.165) is 11.3 Å². The van der Waals surface area contributed by atoms with Crippen molar-refractivity contribution in [3.63, 3.8) is 0 Å². The van der Waals surface area contributed by atoms with Crippen LogP contribution in [0.4, 0.5) is 10.5 Å². The number of amides is 2. The van der Waals surface area contributed by atoms with E-state index in [-0.39, 0.29) is 6.03 Å². The van der Waals surface area contributed by atoms with E-state index in [1.54, 1.807) is 20.2 Å². The van der Waals surface area contributed by atoms with Crippen molar-refractivity contribution in [3.05, 3.63) is 28.8 Å². The van der Waals surface area contributed by atoms with Gasteiger partial charge in [-0.05, 0) is 17.7 Å². The number of carbonyl (C=O) groups is 1. The summed E-state index contributed by atoms with van der Waals surface area (Å²) in [5, 5.41) is 3.11. The van der Waals surface area contributed by atoms with Gasteiger partial charge < -0.3 is 11.1 Å². The Morgan fingerprint density at radius 1 is 1.60 bits per heavy atom. The number of nitrogens with zero attached hydrogens (tertiary/aromatic N) is 1. The van der Waals surface area contributed by atoms with Crippen LogP contribution in [0.5, 0.6) is 0 Å². The number of nitrogens with two attached hydrogens (primary N) is 1. The zero-order valence-electron chi connectivity index (χ0n) is 8.75. The number of rotatable bonds is 2. The lowest BCUT2D eigenvalue weighted by Crippen LogP contribution is -2.34. The molecule has 1 rings (SSSR count). The zero-order valence-corrected chi connectivity index (χ0v) is 9.51. The Balaban J connectivity index is 2.97. The van der Waals surface area contributed by atoms with Crippen molar-refractivity contribution in [1.82, 2.24) is 5.32 Å². The first-order valence-electron chi connectivity index (χ1n) is 4.54. The fourth-order valence-corrected chi connectivity index (χ4v) is 1.45. The molecule has 2 amide bonds. The highest BCUT2D eigenvalue weighted by molar-refractivity contribution is 6.31. The van der Waals surface area contributed by atoms with Crippen LogP contribution in [0.3, 0.4) is 0 Å². The molecule has 15 heavy (non-hydrogen) atoms. The lowest BCUT2D eigenvalue weighted by Gasteiger charge is -2.17. The Hall–Kier alpha value is -1.26. The first-order chi connectivity index (χ1) is 7.10. The van der Waals surface area contributed by atoms with Gasteiger partial charge in [-0.1, -0.05) is 17.7 Å². The van der Waals surface area contributed by atoms with E-state index < -0.39 is 0 Å². The summed E-state index contributed by atoms with van der Waals surface area (Å²) in [7, 11) is 3.25. The summed E-state index contributed by atoms with van der Waals surface area (Å²) in [5.41, 5.74) is 7.08. The minimum absolute atomic E-state index is 0.188. The number of halogens is 1. The van der Waals surface area contributed by atoms with Gasteiger partial charge in [-0.3, -0.25) is 4.90 Å². The van der Waals surface area contributed by atoms with Crippen molar-refractivity contribution in [2.75, 3.05) is 19.0 Å². The molecule has 0 bridgehead atoms. The second kappa shape index (κ2) is 5.00. The van der Waals surface area contributed by atoms with Crippen molar-refractivity contribution in [2.24, 2.45) is 5.73 Å². The summed E-state index contributed by atoms with van der Waals surface area (Å²) < 4.78 is 0. The fraction of sp³-hybridized carbons (Fsp3) is 0.300. The first-order valence-corrected chi connectivity index (χ1v) is 4.92. The van der Waals surface area contributed by atoms with Crippen molar-refractivity contribution in [1.29, 1.82) is 0 Å². The van der Waals surface area contributed by atoms with E-state index in [1.165, 1.54) is 4.90 Å². The summed E-state index contributed by atoms with van der Waals surface area (Å²) in [6.45, 7) is 0.392. The molecule has 3 N–H and O–H groups in total. The highest BCUT2D eigenvalue weighted by Gasteiger charge is 2.09. The Labute approximate surface area is 94.0 Å². The van der Waals surface area contributed by atoms with E-state index in [2.05, 4.69) is 5.32 Å². The normalized spacial score (nSPS) is 9.87. The topological polar surface area (TPSA) is 58.4 Å². The molecule has 0 fully saturated rings. The standard InChI is InChI=1S/C10H14ClN3O/c1-13-10(15)14(2)8-4-3-7(6-12)9(11)5-8/h3-5H,6,12H2,1-2H3,(H,13,15). The summed E-state index contributed by atoms with van der Waals surface area (Å²) in [6, 6.07) is 5.16. The number of nitrogens with one attached hydrogen (secondary N) is 1. The summed E-state index contributed by atoms with van der Waals surface area (Å²) >= 11 is 5.98. The van der Waals surface area contributed by atoms with Gasteiger partial charge >= 0.3 is 6.03 Å². The molecule has 0 spiro atoms. The smallest absolute Gasteiger partial charge is 0.321 e. The van der Waals surface area contributed by atoms with Crippen molar-refractivity contribution >= 4 is 23.3 Å². The highest BCUT2D eigenvalue weighted by Crippen LogP contribution is 2.22. The van der Waals surface area contributed by atoms with E-state index in [4.69, 9.17) is 17.3 Å². The van der Waals surface area contributed by atoms with Gasteiger partial charge in [-0.15, -0.1) is 0 Å². The van der Waals surface area contributed by atoms with Crippen LogP contribution < -0.4 is 16.0 Å². The third-order valence-electron chi connectivity index (χ3n) is 2.16. The van der Waals surface area contributed by atoms with E-state index in [1.807, 2.05) is 12.1 Å². The molecule has 4 nitrogen and oxygen atoms in total. The molecular formula is C10H14ClN3O. The Morgan fingerprint density at radius 3 is 2.73 bits per heavy atom. The van der Waals surface area contributed by atoms with Gasteiger partial charge in [0.2, 0.25) is 0 Å². The molecule has 82 valence electrons. The van der Waals surface area contributed by atoms with Crippen LogP contribution in [0.25, 0.3) is 0 Å². The average molecular weight is 228 g/mol. The number of carbonyl (C=O) groups excluding carboxylic acids is 1. The van der Waals surface area contributed by atoms with Crippen molar-refractivity contribution < 1.29 is 4.79 Å². The van der Waals surface area contributed by atoms with Gasteiger partial charge in [-0.25, -0.2) is 4.79 Å². The van der Waals surface area contributed by atoms with Gasteiger partial charge in [0.25, 0.3) is 0 Å². The molecule has 1 aromatic carbocycles. The number of benzene rings is 1. The van der Waals surface area contributed by atoms with Crippen molar-refractivity contribution in [3.8, 4) is 0 Å². The lowest BCUT2D eigenvalue weighted by atomic mass is 10.2. The SMILES string of the molecule is CNC(=O)N(C)c1ccc(CN)c(Cl)c1. The molecule has 0 aliphatic heterocycles. The van der Waals surface area contributed by atoms with Gasteiger partial charge in [0.1, 0.15) is 0 Å². The number of hydrogen-bond acceptors (Lipinski definition) is 2. The molecular weight excluding hydrogens is 214 g/mol. The molecule has 0 aromatic heterocycles. The Bertz CT molecular complexity index is 368. The third kappa shape index (κ3) is 2.61. The van der Waals surface area contributed by atoms with Crippen LogP contribution in [-0.4, -0.2) is 20.1 Å². The van der Waals surface area contributed by atoms with Crippen LogP contribution in [0, 0.1) is 0 Å². The summed E-state index contributed by atoms with van der Waals surface area (Å²) in [5.74, 6) is 0. The van der Waals surface area contributed by atoms with Crippen LogP contribution in [0.15, 0.2) is 18.2 Å². The predicted molar refractivity (Wildman–Crippen MR) is 62.2 cm³/mol. The lowest BCUT2D eigenvalue weighted by molar-refractivity contribution is 0.249. The van der Waals surface area contributed by atoms with E-state index in [9.17, 15) is 4.79 Å². The van der Waals surface area contributed by atoms with Gasteiger partial charge in [0.15, 0.2) is 0 Å². The molecule has 0 aliphatic carbocycles. The summed E-state index contributed by atoms with van der Waals surface area (Å²) in [4.78, 5) is 12.8.